The molecule has 2 N–H and O–H groups in total. The number of halogens is 2. The summed E-state index contributed by atoms with van der Waals surface area (Å²) in [4.78, 5) is 46.7. The first-order valence-electron chi connectivity index (χ1n) is 13.9. The highest BCUT2D eigenvalue weighted by molar-refractivity contribution is 7.20. The lowest BCUT2D eigenvalue weighted by Gasteiger charge is -2.35. The second-order valence-corrected chi connectivity index (χ2v) is 12.3. The Kier molecular flexibility index (Phi) is 7.82. The van der Waals surface area contributed by atoms with Crippen LogP contribution in [-0.4, -0.2) is 90.9 Å². The maximum atomic E-state index is 13.5. The number of amides is 3. The minimum absolute atomic E-state index is 0.169. The first-order valence-corrected chi connectivity index (χ1v) is 14.7. The molecule has 5 aromatic rings. The molecule has 0 spiro atoms. The third-order valence-corrected chi connectivity index (χ3v) is 8.03. The van der Waals surface area contributed by atoms with Gasteiger partial charge in [0, 0.05) is 48.8 Å². The maximum absolute atomic E-state index is 13.5. The van der Waals surface area contributed by atoms with E-state index in [1.807, 2.05) is 0 Å². The van der Waals surface area contributed by atoms with E-state index in [0.29, 0.717) is 46.8 Å². The zero-order chi connectivity index (χ0) is 31.9. The summed E-state index contributed by atoms with van der Waals surface area (Å²) in [5.41, 5.74) is 0.567. The van der Waals surface area contributed by atoms with Crippen LogP contribution >= 0.6 is 11.3 Å². The molecular weight excluding hydrogens is 610 g/mol. The largest absolute Gasteiger partial charge is 0.444 e. The van der Waals surface area contributed by atoms with Crippen molar-refractivity contribution in [1.82, 2.24) is 34.6 Å². The summed E-state index contributed by atoms with van der Waals surface area (Å²) < 4.78 is 39.4. The monoisotopic (exact) mass is 638 g/mol. The number of nitrogens with one attached hydrogen (secondary N) is 2. The first kappa shape index (κ1) is 29.9. The van der Waals surface area contributed by atoms with Crippen LogP contribution < -0.4 is 10.1 Å². The number of alkyl halides is 2. The average Bonchev–Trinajstić information content (AvgIpc) is 3.73. The molecule has 4 aromatic heterocycles. The molecule has 1 aromatic carbocycles. The highest BCUT2D eigenvalue weighted by Crippen LogP contribution is 2.40. The van der Waals surface area contributed by atoms with Crippen LogP contribution in [0.25, 0.3) is 27.0 Å². The van der Waals surface area contributed by atoms with Gasteiger partial charge in [-0.25, -0.2) is 14.3 Å². The van der Waals surface area contributed by atoms with E-state index in [2.05, 4.69) is 25.6 Å². The molecule has 13 nitrogen and oxygen atoms in total. The number of hydrogen-bond acceptors (Lipinski definition) is 9. The van der Waals surface area contributed by atoms with Gasteiger partial charge >= 0.3 is 12.7 Å². The number of H-pyrrole nitrogens is 1. The number of thiophene rings is 1. The summed E-state index contributed by atoms with van der Waals surface area (Å²) in [5.74, 6) is -0.938. The molecule has 1 aliphatic rings. The van der Waals surface area contributed by atoms with Gasteiger partial charge in [0.15, 0.2) is 5.65 Å². The highest BCUT2D eigenvalue weighted by Gasteiger charge is 2.29. The lowest BCUT2D eigenvalue weighted by Crippen LogP contribution is -2.51. The number of carbonyl (C=O) groups is 3. The zero-order valence-electron chi connectivity index (χ0n) is 24.4. The molecule has 234 valence electrons. The number of hydrogen-bond donors (Lipinski definition) is 2. The van der Waals surface area contributed by atoms with E-state index >= 15 is 0 Å². The molecule has 45 heavy (non-hydrogen) atoms. The van der Waals surface area contributed by atoms with Crippen molar-refractivity contribution >= 4 is 50.7 Å². The van der Waals surface area contributed by atoms with Crippen LogP contribution in [0.2, 0.25) is 0 Å². The third-order valence-electron chi connectivity index (χ3n) is 6.94. The van der Waals surface area contributed by atoms with Gasteiger partial charge in [-0.2, -0.15) is 19.0 Å². The summed E-state index contributed by atoms with van der Waals surface area (Å²) >= 11 is 1.19. The molecule has 0 bridgehead atoms. The summed E-state index contributed by atoms with van der Waals surface area (Å²) in [6, 6.07) is 6.33. The Bertz CT molecular complexity index is 1910. The molecule has 0 unspecified atom stereocenters. The van der Waals surface area contributed by atoms with Gasteiger partial charge in [0.05, 0.1) is 28.7 Å². The SMILES string of the molecule is CC(C)(C)OC(=O)N1CCN(C(=O)c2cc3cc(OC(F)F)c(-c4[nH]ncc4NC(=O)c4cnn5cccnc45)cc3s2)CC1. The number of ether oxygens (including phenoxy) is 2. The zero-order valence-corrected chi connectivity index (χ0v) is 25.2. The Morgan fingerprint density at radius 1 is 1.07 bits per heavy atom. The molecule has 0 atom stereocenters. The number of anilines is 1. The normalized spacial score (nSPS) is 13.9. The maximum Gasteiger partial charge on any atom is 0.410 e. The Morgan fingerprint density at radius 3 is 2.56 bits per heavy atom. The average molecular weight is 639 g/mol. The molecule has 1 fully saturated rings. The Hall–Kier alpha value is -5.12. The minimum Gasteiger partial charge on any atom is -0.444 e. The van der Waals surface area contributed by atoms with Gasteiger partial charge in [-0.15, -0.1) is 11.3 Å². The van der Waals surface area contributed by atoms with E-state index in [-0.39, 0.29) is 34.2 Å². The van der Waals surface area contributed by atoms with Crippen LogP contribution in [-0.2, 0) is 4.74 Å². The quantitative estimate of drug-likeness (QED) is 0.268. The number of piperazine rings is 1. The van der Waals surface area contributed by atoms with Crippen molar-refractivity contribution in [3.05, 3.63) is 59.5 Å². The van der Waals surface area contributed by atoms with Crippen LogP contribution in [0.1, 0.15) is 40.8 Å². The summed E-state index contributed by atoms with van der Waals surface area (Å²) in [6.07, 6.45) is 5.47. The van der Waals surface area contributed by atoms with Crippen LogP contribution in [0.5, 0.6) is 5.75 Å². The molecule has 0 radical (unpaired) electrons. The lowest BCUT2D eigenvalue weighted by atomic mass is 10.1. The fraction of sp³-hybridized carbons (Fsp3) is 0.310. The van der Waals surface area contributed by atoms with E-state index in [1.165, 1.54) is 40.5 Å². The van der Waals surface area contributed by atoms with Gasteiger partial charge in [-0.3, -0.25) is 14.7 Å². The molecule has 6 rings (SSSR count). The Labute approximate surface area is 258 Å². The van der Waals surface area contributed by atoms with Crippen molar-refractivity contribution in [2.45, 2.75) is 33.0 Å². The van der Waals surface area contributed by atoms with E-state index < -0.39 is 24.2 Å². The number of benzene rings is 1. The molecule has 1 aliphatic heterocycles. The van der Waals surface area contributed by atoms with E-state index in [1.54, 1.807) is 55.0 Å². The molecule has 16 heteroatoms. The van der Waals surface area contributed by atoms with Crippen molar-refractivity contribution in [2.75, 3.05) is 31.5 Å². The van der Waals surface area contributed by atoms with Crippen molar-refractivity contribution in [3.8, 4) is 17.0 Å². The topological polar surface area (TPSA) is 147 Å². The predicted molar refractivity (Wildman–Crippen MR) is 161 cm³/mol. The highest BCUT2D eigenvalue weighted by atomic mass is 32.1. The van der Waals surface area contributed by atoms with Crippen molar-refractivity contribution in [3.63, 3.8) is 0 Å². The molecule has 5 heterocycles. The van der Waals surface area contributed by atoms with Gasteiger partial charge in [-0.05, 0) is 50.4 Å². The number of aromatic amines is 1. The number of carbonyl (C=O) groups excluding carboxylic acids is 3. The minimum atomic E-state index is -3.13. The Morgan fingerprint density at radius 2 is 1.82 bits per heavy atom. The number of aromatic nitrogens is 5. The van der Waals surface area contributed by atoms with Gasteiger partial charge in [0.2, 0.25) is 0 Å². The van der Waals surface area contributed by atoms with Crippen LogP contribution in [0.3, 0.4) is 0 Å². The molecule has 3 amide bonds. The summed E-state index contributed by atoms with van der Waals surface area (Å²) in [6.45, 7) is 3.52. The van der Waals surface area contributed by atoms with Crippen molar-refractivity contribution in [2.24, 2.45) is 0 Å². The van der Waals surface area contributed by atoms with Crippen molar-refractivity contribution < 1.29 is 32.6 Å². The standard InChI is InChI=1S/C29H28F2N8O5S/c1-29(2,3)44-28(42)38-9-7-37(8-10-38)26(41)22-12-16-11-20(43-27(30)31)17(13-21(16)45-22)23-19(15-33-36-23)35-25(40)18-14-34-39-6-4-5-32-24(18)39/h4-6,11-15,27H,7-10H2,1-3H3,(H,33,36)(H,35,40). The van der Waals surface area contributed by atoms with E-state index in [9.17, 15) is 23.2 Å². The summed E-state index contributed by atoms with van der Waals surface area (Å²) in [5, 5.41) is 14.2. The number of fused-ring (bicyclic) bond motifs is 2. The fourth-order valence-corrected chi connectivity index (χ4v) is 5.95. The van der Waals surface area contributed by atoms with Gasteiger partial charge < -0.3 is 24.6 Å². The van der Waals surface area contributed by atoms with Gasteiger partial charge in [0.25, 0.3) is 11.8 Å². The predicted octanol–water partition coefficient (Wildman–Crippen LogP) is 4.88. The first-order chi connectivity index (χ1) is 21.5. The van der Waals surface area contributed by atoms with E-state index in [4.69, 9.17) is 9.47 Å². The third kappa shape index (κ3) is 6.26. The lowest BCUT2D eigenvalue weighted by molar-refractivity contribution is -0.0493. The number of rotatable bonds is 6. The van der Waals surface area contributed by atoms with Crippen LogP contribution in [0.15, 0.2) is 49.1 Å². The van der Waals surface area contributed by atoms with E-state index in [0.717, 1.165) is 0 Å². The summed E-state index contributed by atoms with van der Waals surface area (Å²) in [7, 11) is 0. The fourth-order valence-electron chi connectivity index (χ4n) is 4.90. The molecule has 0 saturated carbocycles. The molecule has 0 aliphatic carbocycles. The second-order valence-electron chi connectivity index (χ2n) is 11.2. The van der Waals surface area contributed by atoms with Crippen LogP contribution in [0, 0.1) is 0 Å². The van der Waals surface area contributed by atoms with Crippen molar-refractivity contribution in [1.29, 1.82) is 0 Å². The van der Waals surface area contributed by atoms with Gasteiger partial charge in [-0.1, -0.05) is 0 Å². The van der Waals surface area contributed by atoms with Crippen LogP contribution in [0.4, 0.5) is 19.3 Å². The Balaban J connectivity index is 1.25. The second kappa shape index (κ2) is 11.8. The number of nitrogens with zero attached hydrogens (tertiary/aromatic N) is 6. The van der Waals surface area contributed by atoms with Gasteiger partial charge in [0.1, 0.15) is 16.9 Å². The molecular formula is C29H28F2N8O5S. The smallest absolute Gasteiger partial charge is 0.410 e. The molecule has 1 saturated heterocycles.